The van der Waals surface area contributed by atoms with Gasteiger partial charge in [0, 0.05) is 17.1 Å². The predicted molar refractivity (Wildman–Crippen MR) is 144 cm³/mol. The molecule has 4 rings (SSSR count). The molecule has 0 radical (unpaired) electrons. The van der Waals surface area contributed by atoms with Gasteiger partial charge in [0.2, 0.25) is 17.8 Å². The van der Waals surface area contributed by atoms with Crippen molar-refractivity contribution in [1.82, 2.24) is 15.0 Å². The van der Waals surface area contributed by atoms with Gasteiger partial charge in [-0.1, -0.05) is 53.2 Å². The molecule has 7 nitrogen and oxygen atoms in total. The van der Waals surface area contributed by atoms with E-state index in [0.717, 1.165) is 22.6 Å². The van der Waals surface area contributed by atoms with Crippen LogP contribution in [0.2, 0.25) is 0 Å². The van der Waals surface area contributed by atoms with Crippen LogP contribution < -0.4 is 16.0 Å². The van der Waals surface area contributed by atoms with Crippen LogP contribution in [0.3, 0.4) is 0 Å². The van der Waals surface area contributed by atoms with Crippen LogP contribution in [0.1, 0.15) is 22.3 Å². The van der Waals surface area contributed by atoms with Crippen molar-refractivity contribution in [2.24, 2.45) is 0 Å². The van der Waals surface area contributed by atoms with Crippen LogP contribution >= 0.6 is 11.8 Å². The molecule has 0 fully saturated rings. The first-order chi connectivity index (χ1) is 16.8. The minimum Gasteiger partial charge on any atom is -0.325 e. The van der Waals surface area contributed by atoms with Crippen LogP contribution in [0, 0.1) is 27.7 Å². The number of anilines is 5. The number of carbonyl (C=O) groups is 1. The summed E-state index contributed by atoms with van der Waals surface area (Å²) in [7, 11) is 0. The molecule has 35 heavy (non-hydrogen) atoms. The molecule has 0 bridgehead atoms. The molecule has 0 aliphatic carbocycles. The number of benzene rings is 3. The standard InChI is InChI=1S/C27H28N6OS/c1-17-5-10-21(11-6-17)29-25-31-26(30-22-12-7-18(2)8-13-22)33-27(32-25)35-16-24(34)28-23-14-9-19(3)20(4)15-23/h5-15H,16H2,1-4H3,(H,28,34)(H2,29,30,31,32,33). The number of hydrogen-bond acceptors (Lipinski definition) is 7. The van der Waals surface area contributed by atoms with E-state index in [2.05, 4.69) is 30.9 Å². The summed E-state index contributed by atoms with van der Waals surface area (Å²) in [6, 6.07) is 21.8. The minimum atomic E-state index is -0.125. The molecule has 3 N–H and O–H groups in total. The Kier molecular flexibility index (Phi) is 7.62. The van der Waals surface area contributed by atoms with E-state index < -0.39 is 0 Å². The highest BCUT2D eigenvalue weighted by molar-refractivity contribution is 7.99. The molecule has 0 atom stereocenters. The topological polar surface area (TPSA) is 91.8 Å². The van der Waals surface area contributed by atoms with Gasteiger partial charge in [0.1, 0.15) is 0 Å². The first-order valence-corrected chi connectivity index (χ1v) is 12.3. The third-order valence-corrected chi connectivity index (χ3v) is 6.20. The fourth-order valence-electron chi connectivity index (χ4n) is 3.21. The van der Waals surface area contributed by atoms with Crippen molar-refractivity contribution in [2.75, 3.05) is 21.7 Å². The summed E-state index contributed by atoms with van der Waals surface area (Å²) in [5.74, 6) is 0.844. The maximum atomic E-state index is 12.6. The maximum absolute atomic E-state index is 12.6. The molecular formula is C27H28N6OS. The Labute approximate surface area is 209 Å². The smallest absolute Gasteiger partial charge is 0.234 e. The van der Waals surface area contributed by atoms with Crippen LogP contribution in [0.15, 0.2) is 71.9 Å². The van der Waals surface area contributed by atoms with E-state index >= 15 is 0 Å². The van der Waals surface area contributed by atoms with Gasteiger partial charge >= 0.3 is 0 Å². The zero-order valence-corrected chi connectivity index (χ0v) is 21.0. The number of carbonyl (C=O) groups excluding carboxylic acids is 1. The summed E-state index contributed by atoms with van der Waals surface area (Å²) in [5.41, 5.74) is 7.16. The van der Waals surface area contributed by atoms with Crippen molar-refractivity contribution < 1.29 is 4.79 Å². The summed E-state index contributed by atoms with van der Waals surface area (Å²) in [4.78, 5) is 26.1. The predicted octanol–water partition coefficient (Wildman–Crippen LogP) is 6.32. The molecular weight excluding hydrogens is 456 g/mol. The van der Waals surface area contributed by atoms with Gasteiger partial charge in [-0.15, -0.1) is 0 Å². The van der Waals surface area contributed by atoms with E-state index in [1.807, 2.05) is 94.4 Å². The van der Waals surface area contributed by atoms with Gasteiger partial charge in [0.05, 0.1) is 5.75 Å². The summed E-state index contributed by atoms with van der Waals surface area (Å²) < 4.78 is 0. The van der Waals surface area contributed by atoms with Crippen molar-refractivity contribution in [3.8, 4) is 0 Å². The lowest BCUT2D eigenvalue weighted by molar-refractivity contribution is -0.113. The largest absolute Gasteiger partial charge is 0.325 e. The first-order valence-electron chi connectivity index (χ1n) is 11.3. The highest BCUT2D eigenvalue weighted by atomic mass is 32.2. The van der Waals surface area contributed by atoms with Crippen LogP contribution in [-0.4, -0.2) is 26.6 Å². The molecule has 8 heteroatoms. The molecule has 1 heterocycles. The van der Waals surface area contributed by atoms with Gasteiger partial charge in [-0.2, -0.15) is 15.0 Å². The molecule has 1 aromatic heterocycles. The maximum Gasteiger partial charge on any atom is 0.234 e. The Bertz CT molecular complexity index is 1260. The van der Waals surface area contributed by atoms with Gasteiger partial charge in [-0.25, -0.2) is 0 Å². The number of aromatic nitrogens is 3. The van der Waals surface area contributed by atoms with E-state index in [4.69, 9.17) is 0 Å². The van der Waals surface area contributed by atoms with Gasteiger partial charge in [0.15, 0.2) is 5.16 Å². The quantitative estimate of drug-likeness (QED) is 0.252. The summed E-state index contributed by atoms with van der Waals surface area (Å²) >= 11 is 1.26. The molecule has 0 aliphatic rings. The second-order valence-corrected chi connectivity index (χ2v) is 9.33. The Morgan fingerprint density at radius 2 is 1.20 bits per heavy atom. The lowest BCUT2D eigenvalue weighted by atomic mass is 10.1. The number of thioether (sulfide) groups is 1. The molecule has 0 unspecified atom stereocenters. The third-order valence-electron chi connectivity index (χ3n) is 5.35. The second-order valence-electron chi connectivity index (χ2n) is 8.38. The number of aryl methyl sites for hydroxylation is 4. The molecule has 1 amide bonds. The van der Waals surface area contributed by atoms with Crippen molar-refractivity contribution in [1.29, 1.82) is 0 Å². The minimum absolute atomic E-state index is 0.125. The molecule has 0 spiro atoms. The molecule has 0 saturated carbocycles. The van der Waals surface area contributed by atoms with E-state index in [1.165, 1.54) is 28.5 Å². The van der Waals surface area contributed by atoms with E-state index in [-0.39, 0.29) is 11.7 Å². The lowest BCUT2D eigenvalue weighted by Gasteiger charge is -2.11. The van der Waals surface area contributed by atoms with E-state index in [9.17, 15) is 4.79 Å². The van der Waals surface area contributed by atoms with E-state index in [1.54, 1.807) is 0 Å². The molecule has 3 aromatic carbocycles. The Balaban J connectivity index is 1.50. The Morgan fingerprint density at radius 3 is 1.71 bits per heavy atom. The monoisotopic (exact) mass is 484 g/mol. The highest BCUT2D eigenvalue weighted by Gasteiger charge is 2.11. The number of rotatable bonds is 8. The fraction of sp³-hybridized carbons (Fsp3) is 0.185. The van der Waals surface area contributed by atoms with Crippen LogP contribution in [0.5, 0.6) is 0 Å². The fourth-order valence-corrected chi connectivity index (χ4v) is 3.85. The second kappa shape index (κ2) is 11.0. The van der Waals surface area contributed by atoms with Crippen molar-refractivity contribution in [3.63, 3.8) is 0 Å². The van der Waals surface area contributed by atoms with Gasteiger partial charge in [-0.05, 0) is 75.2 Å². The number of amides is 1. The first kappa shape index (κ1) is 24.2. The zero-order chi connectivity index (χ0) is 24.8. The van der Waals surface area contributed by atoms with Gasteiger partial charge in [-0.3, -0.25) is 4.79 Å². The molecule has 178 valence electrons. The SMILES string of the molecule is Cc1ccc(Nc2nc(Nc3ccc(C)cc3)nc(SCC(=O)Nc3ccc(C)c(C)c3)n2)cc1. The zero-order valence-electron chi connectivity index (χ0n) is 20.2. The summed E-state index contributed by atoms with van der Waals surface area (Å²) in [6.07, 6.45) is 0. The van der Waals surface area contributed by atoms with Gasteiger partial charge < -0.3 is 16.0 Å². The molecule has 4 aromatic rings. The normalized spacial score (nSPS) is 10.6. The lowest BCUT2D eigenvalue weighted by Crippen LogP contribution is -2.15. The van der Waals surface area contributed by atoms with Crippen molar-refractivity contribution >= 4 is 46.6 Å². The van der Waals surface area contributed by atoms with Crippen LogP contribution in [-0.2, 0) is 4.79 Å². The third kappa shape index (κ3) is 7.04. The van der Waals surface area contributed by atoms with Crippen molar-refractivity contribution in [3.05, 3.63) is 89.0 Å². The number of nitrogens with zero attached hydrogens (tertiary/aromatic N) is 3. The number of nitrogens with one attached hydrogen (secondary N) is 3. The highest BCUT2D eigenvalue weighted by Crippen LogP contribution is 2.22. The van der Waals surface area contributed by atoms with Crippen LogP contribution in [0.25, 0.3) is 0 Å². The molecule has 0 saturated heterocycles. The average Bonchev–Trinajstić information content (AvgIpc) is 2.83. The Hall–Kier alpha value is -3.91. The van der Waals surface area contributed by atoms with Gasteiger partial charge in [0.25, 0.3) is 0 Å². The summed E-state index contributed by atoms with van der Waals surface area (Å²) in [5, 5.41) is 9.84. The summed E-state index contributed by atoms with van der Waals surface area (Å²) in [6.45, 7) is 8.14. The van der Waals surface area contributed by atoms with Crippen molar-refractivity contribution in [2.45, 2.75) is 32.9 Å². The van der Waals surface area contributed by atoms with E-state index in [0.29, 0.717) is 17.1 Å². The molecule has 0 aliphatic heterocycles. The van der Waals surface area contributed by atoms with Crippen LogP contribution in [0.4, 0.5) is 29.0 Å². The Morgan fingerprint density at radius 1 is 0.686 bits per heavy atom. The number of hydrogen-bond donors (Lipinski definition) is 3. The average molecular weight is 485 g/mol.